The lowest BCUT2D eigenvalue weighted by atomic mass is 9.65. The van der Waals surface area contributed by atoms with Crippen LogP contribution in [0.15, 0.2) is 0 Å². The molecule has 1 atom stereocenters. The molecule has 14 heavy (non-hydrogen) atoms. The summed E-state index contributed by atoms with van der Waals surface area (Å²) in [6.07, 6.45) is 11.9. The maximum Gasteiger partial charge on any atom is -0.00153 e. The Kier molecular flexibility index (Phi) is 3.48. The minimum Gasteiger partial charge on any atom is -0.316 e. The second-order valence-corrected chi connectivity index (χ2v) is 5.34. The summed E-state index contributed by atoms with van der Waals surface area (Å²) in [5, 5.41) is 3.58. The van der Waals surface area contributed by atoms with E-state index in [1.807, 2.05) is 0 Å². The number of piperidine rings is 1. The summed E-state index contributed by atoms with van der Waals surface area (Å²) in [7, 11) is 0. The van der Waals surface area contributed by atoms with Crippen LogP contribution >= 0.6 is 0 Å². The van der Waals surface area contributed by atoms with Crippen LogP contribution in [0.2, 0.25) is 0 Å². The van der Waals surface area contributed by atoms with Gasteiger partial charge in [0.1, 0.15) is 0 Å². The fraction of sp³-hybridized carbons (Fsp3) is 1.00. The normalized spacial score (nSPS) is 32.8. The first-order valence-electron chi connectivity index (χ1n) is 6.58. The summed E-state index contributed by atoms with van der Waals surface area (Å²) in [6, 6.07) is 0. The molecule has 2 rings (SSSR count). The lowest BCUT2D eigenvalue weighted by Gasteiger charge is -2.44. The minimum absolute atomic E-state index is 0.747. The summed E-state index contributed by atoms with van der Waals surface area (Å²) in [5.74, 6) is 0.967. The van der Waals surface area contributed by atoms with E-state index in [0.717, 1.165) is 11.3 Å². The molecule has 0 radical (unpaired) electrons. The molecule has 1 saturated heterocycles. The van der Waals surface area contributed by atoms with Crippen LogP contribution in [-0.4, -0.2) is 13.1 Å². The molecule has 2 fully saturated rings. The number of nitrogens with one attached hydrogen (secondary N) is 1. The second-order valence-electron chi connectivity index (χ2n) is 5.34. The van der Waals surface area contributed by atoms with E-state index in [0.29, 0.717) is 0 Å². The first-order chi connectivity index (χ1) is 6.87. The van der Waals surface area contributed by atoms with Crippen LogP contribution in [0.4, 0.5) is 0 Å². The highest BCUT2D eigenvalue weighted by Crippen LogP contribution is 2.46. The zero-order chi connectivity index (χ0) is 9.86. The Bertz CT molecular complexity index is 168. The van der Waals surface area contributed by atoms with E-state index in [1.54, 1.807) is 0 Å². The molecule has 82 valence electrons. The molecule has 0 aromatic carbocycles. The molecular weight excluding hydrogens is 170 g/mol. The molecule has 0 amide bonds. The van der Waals surface area contributed by atoms with Crippen LogP contribution in [-0.2, 0) is 0 Å². The lowest BCUT2D eigenvalue weighted by Crippen LogP contribution is -2.44. The highest BCUT2D eigenvalue weighted by Gasteiger charge is 2.39. The van der Waals surface area contributed by atoms with Gasteiger partial charge in [-0.2, -0.15) is 0 Å². The monoisotopic (exact) mass is 195 g/mol. The van der Waals surface area contributed by atoms with Crippen molar-refractivity contribution in [2.45, 2.75) is 58.3 Å². The molecule has 2 aliphatic rings. The molecule has 1 heterocycles. The third kappa shape index (κ3) is 1.98. The van der Waals surface area contributed by atoms with Crippen LogP contribution < -0.4 is 5.32 Å². The predicted molar refractivity (Wildman–Crippen MR) is 61.4 cm³/mol. The molecule has 0 aromatic heterocycles. The Balaban J connectivity index is 2.07. The van der Waals surface area contributed by atoms with E-state index in [1.165, 1.54) is 64.5 Å². The molecular formula is C13H25N. The fourth-order valence-electron chi connectivity index (χ4n) is 3.70. The summed E-state index contributed by atoms with van der Waals surface area (Å²) < 4.78 is 0. The van der Waals surface area contributed by atoms with Gasteiger partial charge in [-0.05, 0) is 43.7 Å². The molecule has 1 aliphatic heterocycles. The molecule has 1 N–H and O–H groups in total. The van der Waals surface area contributed by atoms with Gasteiger partial charge in [0.2, 0.25) is 0 Å². The van der Waals surface area contributed by atoms with Crippen molar-refractivity contribution in [1.29, 1.82) is 0 Å². The minimum atomic E-state index is 0.747. The standard InChI is InChI=1S/C13H25N/c1-2-12-11-14-10-9-13(12)7-5-3-4-6-8-13/h12,14H,2-11H2,1H3. The fourth-order valence-corrected chi connectivity index (χ4v) is 3.70. The summed E-state index contributed by atoms with van der Waals surface area (Å²) in [5.41, 5.74) is 0.747. The maximum absolute atomic E-state index is 3.58. The van der Waals surface area contributed by atoms with Crippen LogP contribution in [0.1, 0.15) is 58.3 Å². The number of hydrogen-bond acceptors (Lipinski definition) is 1. The largest absolute Gasteiger partial charge is 0.316 e. The van der Waals surface area contributed by atoms with Gasteiger partial charge in [-0.25, -0.2) is 0 Å². The SMILES string of the molecule is CCC1CNCCC12CCCCCC2. The summed E-state index contributed by atoms with van der Waals surface area (Å²) >= 11 is 0. The molecule has 0 bridgehead atoms. The molecule has 1 unspecified atom stereocenters. The van der Waals surface area contributed by atoms with E-state index in [-0.39, 0.29) is 0 Å². The highest BCUT2D eigenvalue weighted by atomic mass is 14.9. The van der Waals surface area contributed by atoms with Crippen molar-refractivity contribution in [1.82, 2.24) is 5.32 Å². The third-order valence-electron chi connectivity index (χ3n) is 4.65. The van der Waals surface area contributed by atoms with Gasteiger partial charge in [0.05, 0.1) is 0 Å². The van der Waals surface area contributed by atoms with Crippen molar-refractivity contribution in [2.24, 2.45) is 11.3 Å². The average Bonchev–Trinajstić information content (AvgIpc) is 2.45. The number of rotatable bonds is 1. The van der Waals surface area contributed by atoms with Crippen LogP contribution in [0.25, 0.3) is 0 Å². The summed E-state index contributed by atoms with van der Waals surface area (Å²) in [6.45, 7) is 4.94. The second kappa shape index (κ2) is 4.65. The molecule has 1 saturated carbocycles. The Morgan fingerprint density at radius 1 is 1.07 bits per heavy atom. The third-order valence-corrected chi connectivity index (χ3v) is 4.65. The zero-order valence-electron chi connectivity index (χ0n) is 9.65. The zero-order valence-corrected chi connectivity index (χ0v) is 9.65. The first-order valence-corrected chi connectivity index (χ1v) is 6.58. The quantitative estimate of drug-likeness (QED) is 0.676. The van der Waals surface area contributed by atoms with Gasteiger partial charge in [-0.1, -0.05) is 39.0 Å². The smallest absolute Gasteiger partial charge is 0.00153 e. The summed E-state index contributed by atoms with van der Waals surface area (Å²) in [4.78, 5) is 0. The van der Waals surface area contributed by atoms with Gasteiger partial charge >= 0.3 is 0 Å². The molecule has 1 heteroatoms. The highest BCUT2D eigenvalue weighted by molar-refractivity contribution is 4.92. The van der Waals surface area contributed by atoms with E-state index in [9.17, 15) is 0 Å². The van der Waals surface area contributed by atoms with Crippen LogP contribution in [0, 0.1) is 11.3 Å². The predicted octanol–water partition coefficient (Wildman–Crippen LogP) is 3.35. The van der Waals surface area contributed by atoms with Gasteiger partial charge < -0.3 is 5.32 Å². The van der Waals surface area contributed by atoms with Crippen LogP contribution in [0.5, 0.6) is 0 Å². The molecule has 1 aliphatic carbocycles. The lowest BCUT2D eigenvalue weighted by molar-refractivity contribution is 0.0834. The molecule has 1 spiro atoms. The Hall–Kier alpha value is -0.0400. The van der Waals surface area contributed by atoms with E-state index < -0.39 is 0 Å². The maximum atomic E-state index is 3.58. The van der Waals surface area contributed by atoms with Gasteiger partial charge in [-0.15, -0.1) is 0 Å². The van der Waals surface area contributed by atoms with Gasteiger partial charge in [0.15, 0.2) is 0 Å². The van der Waals surface area contributed by atoms with Crippen molar-refractivity contribution < 1.29 is 0 Å². The van der Waals surface area contributed by atoms with E-state index in [2.05, 4.69) is 12.2 Å². The van der Waals surface area contributed by atoms with Crippen molar-refractivity contribution in [2.75, 3.05) is 13.1 Å². The van der Waals surface area contributed by atoms with Crippen molar-refractivity contribution in [3.05, 3.63) is 0 Å². The van der Waals surface area contributed by atoms with Crippen molar-refractivity contribution in [3.63, 3.8) is 0 Å². The average molecular weight is 195 g/mol. The Labute approximate surface area is 88.7 Å². The topological polar surface area (TPSA) is 12.0 Å². The Morgan fingerprint density at radius 2 is 1.79 bits per heavy atom. The van der Waals surface area contributed by atoms with Gasteiger partial charge in [0.25, 0.3) is 0 Å². The van der Waals surface area contributed by atoms with Crippen molar-refractivity contribution in [3.8, 4) is 0 Å². The number of hydrogen-bond donors (Lipinski definition) is 1. The molecule has 0 aromatic rings. The van der Waals surface area contributed by atoms with E-state index in [4.69, 9.17) is 0 Å². The van der Waals surface area contributed by atoms with E-state index >= 15 is 0 Å². The Morgan fingerprint density at radius 3 is 2.43 bits per heavy atom. The van der Waals surface area contributed by atoms with Gasteiger partial charge in [0, 0.05) is 0 Å². The van der Waals surface area contributed by atoms with Gasteiger partial charge in [-0.3, -0.25) is 0 Å². The first kappa shape index (κ1) is 10.5. The van der Waals surface area contributed by atoms with Crippen LogP contribution in [0.3, 0.4) is 0 Å². The van der Waals surface area contributed by atoms with Crippen molar-refractivity contribution >= 4 is 0 Å². The molecule has 1 nitrogen and oxygen atoms in total.